The molecule has 3 rings (SSSR count). The Hall–Kier alpha value is -0.380. The SMILES string of the molecule is Brc1ccccc1CN1CC2CCC(C1)O2. The Morgan fingerprint density at radius 2 is 1.88 bits per heavy atom. The van der Waals surface area contributed by atoms with E-state index in [-0.39, 0.29) is 0 Å². The summed E-state index contributed by atoms with van der Waals surface area (Å²) in [5, 5.41) is 0. The van der Waals surface area contributed by atoms with E-state index in [0.29, 0.717) is 12.2 Å². The van der Waals surface area contributed by atoms with Gasteiger partial charge in [0.2, 0.25) is 0 Å². The van der Waals surface area contributed by atoms with E-state index in [9.17, 15) is 0 Å². The van der Waals surface area contributed by atoms with Gasteiger partial charge in [0.1, 0.15) is 0 Å². The molecular formula is C13H16BrNO. The van der Waals surface area contributed by atoms with E-state index in [1.54, 1.807) is 0 Å². The normalized spacial score (nSPS) is 29.6. The molecule has 3 heteroatoms. The predicted molar refractivity (Wildman–Crippen MR) is 67.3 cm³/mol. The molecule has 0 aliphatic carbocycles. The van der Waals surface area contributed by atoms with Gasteiger partial charge in [-0.2, -0.15) is 0 Å². The predicted octanol–water partition coefficient (Wildman–Crippen LogP) is 2.81. The number of fused-ring (bicyclic) bond motifs is 2. The topological polar surface area (TPSA) is 12.5 Å². The van der Waals surface area contributed by atoms with E-state index >= 15 is 0 Å². The maximum atomic E-state index is 5.84. The Morgan fingerprint density at radius 1 is 1.19 bits per heavy atom. The van der Waals surface area contributed by atoms with Crippen molar-refractivity contribution < 1.29 is 4.74 Å². The number of halogens is 1. The van der Waals surface area contributed by atoms with Gasteiger partial charge in [0.05, 0.1) is 12.2 Å². The summed E-state index contributed by atoms with van der Waals surface area (Å²) in [6, 6.07) is 8.48. The third-order valence-electron chi connectivity index (χ3n) is 3.47. The number of morpholine rings is 1. The zero-order valence-electron chi connectivity index (χ0n) is 9.23. The van der Waals surface area contributed by atoms with Gasteiger partial charge in [0.15, 0.2) is 0 Å². The summed E-state index contributed by atoms with van der Waals surface area (Å²) in [5.74, 6) is 0. The van der Waals surface area contributed by atoms with E-state index in [4.69, 9.17) is 4.74 Å². The lowest BCUT2D eigenvalue weighted by molar-refractivity contribution is -0.0411. The molecule has 1 aromatic rings. The lowest BCUT2D eigenvalue weighted by Gasteiger charge is -2.32. The molecule has 16 heavy (non-hydrogen) atoms. The first-order valence-electron chi connectivity index (χ1n) is 5.92. The molecule has 0 spiro atoms. The van der Waals surface area contributed by atoms with Crippen LogP contribution in [0.15, 0.2) is 28.7 Å². The number of hydrogen-bond donors (Lipinski definition) is 0. The van der Waals surface area contributed by atoms with E-state index in [1.165, 1.54) is 22.9 Å². The fraction of sp³-hybridized carbons (Fsp3) is 0.538. The second-order valence-electron chi connectivity index (χ2n) is 4.74. The average molecular weight is 282 g/mol. The second kappa shape index (κ2) is 4.47. The van der Waals surface area contributed by atoms with Crippen LogP contribution in [0.4, 0.5) is 0 Å². The van der Waals surface area contributed by atoms with Gasteiger partial charge in [0, 0.05) is 24.1 Å². The average Bonchev–Trinajstić information content (AvgIpc) is 2.62. The van der Waals surface area contributed by atoms with Crippen LogP contribution in [0.2, 0.25) is 0 Å². The molecule has 86 valence electrons. The summed E-state index contributed by atoms with van der Waals surface area (Å²) in [5.41, 5.74) is 1.38. The van der Waals surface area contributed by atoms with E-state index < -0.39 is 0 Å². The highest BCUT2D eigenvalue weighted by Gasteiger charge is 2.33. The highest BCUT2D eigenvalue weighted by molar-refractivity contribution is 9.10. The third-order valence-corrected chi connectivity index (χ3v) is 4.24. The largest absolute Gasteiger partial charge is 0.372 e. The quantitative estimate of drug-likeness (QED) is 0.827. The van der Waals surface area contributed by atoms with Gasteiger partial charge < -0.3 is 4.74 Å². The maximum absolute atomic E-state index is 5.84. The number of rotatable bonds is 2. The van der Waals surface area contributed by atoms with Gasteiger partial charge in [-0.25, -0.2) is 0 Å². The Balaban J connectivity index is 1.69. The first-order valence-corrected chi connectivity index (χ1v) is 6.72. The number of nitrogens with zero attached hydrogens (tertiary/aromatic N) is 1. The van der Waals surface area contributed by atoms with Crippen LogP contribution in [0.25, 0.3) is 0 Å². The Morgan fingerprint density at radius 3 is 2.56 bits per heavy atom. The molecule has 2 aliphatic heterocycles. The minimum atomic E-state index is 0.487. The van der Waals surface area contributed by atoms with Gasteiger partial charge in [-0.3, -0.25) is 4.90 Å². The highest BCUT2D eigenvalue weighted by atomic mass is 79.9. The molecule has 2 bridgehead atoms. The molecule has 2 saturated heterocycles. The van der Waals surface area contributed by atoms with Crippen molar-refractivity contribution in [2.45, 2.75) is 31.6 Å². The van der Waals surface area contributed by atoms with Crippen molar-refractivity contribution in [3.05, 3.63) is 34.3 Å². The molecule has 2 aliphatic rings. The van der Waals surface area contributed by atoms with Crippen LogP contribution < -0.4 is 0 Å². The zero-order valence-corrected chi connectivity index (χ0v) is 10.8. The molecule has 0 saturated carbocycles. The highest BCUT2D eigenvalue weighted by Crippen LogP contribution is 2.28. The van der Waals surface area contributed by atoms with Crippen molar-refractivity contribution in [2.75, 3.05) is 13.1 Å². The molecule has 2 fully saturated rings. The first kappa shape index (κ1) is 10.8. The van der Waals surface area contributed by atoms with Crippen LogP contribution in [-0.2, 0) is 11.3 Å². The molecule has 2 nitrogen and oxygen atoms in total. The summed E-state index contributed by atoms with van der Waals surface area (Å²) >= 11 is 3.61. The Labute approximate surface area is 105 Å². The molecule has 2 unspecified atom stereocenters. The molecule has 0 amide bonds. The first-order chi connectivity index (χ1) is 7.81. The van der Waals surface area contributed by atoms with Crippen molar-refractivity contribution in [1.82, 2.24) is 4.90 Å². The second-order valence-corrected chi connectivity index (χ2v) is 5.60. The smallest absolute Gasteiger partial charge is 0.0707 e. The standard InChI is InChI=1S/C13H16BrNO/c14-13-4-2-1-3-10(13)7-15-8-11-5-6-12(9-15)16-11/h1-4,11-12H,5-9H2. The molecule has 0 aromatic heterocycles. The van der Waals surface area contributed by atoms with Crippen LogP contribution in [-0.4, -0.2) is 30.2 Å². The van der Waals surface area contributed by atoms with Gasteiger partial charge in [0.25, 0.3) is 0 Å². The lowest BCUT2D eigenvalue weighted by atomic mass is 10.2. The van der Waals surface area contributed by atoms with Crippen molar-refractivity contribution >= 4 is 15.9 Å². The van der Waals surface area contributed by atoms with Gasteiger partial charge in [-0.1, -0.05) is 34.1 Å². The fourth-order valence-corrected chi connectivity index (χ4v) is 3.11. The molecule has 1 aromatic carbocycles. The van der Waals surface area contributed by atoms with Crippen LogP contribution in [0.1, 0.15) is 18.4 Å². The van der Waals surface area contributed by atoms with Crippen LogP contribution in [0.5, 0.6) is 0 Å². The van der Waals surface area contributed by atoms with Crippen molar-refractivity contribution in [2.24, 2.45) is 0 Å². The number of likely N-dealkylation sites (tertiary alicyclic amines) is 1. The maximum Gasteiger partial charge on any atom is 0.0707 e. The summed E-state index contributed by atoms with van der Waals surface area (Å²) in [6.07, 6.45) is 3.47. The molecule has 0 radical (unpaired) electrons. The minimum absolute atomic E-state index is 0.487. The molecule has 0 N–H and O–H groups in total. The van der Waals surface area contributed by atoms with Crippen LogP contribution in [0.3, 0.4) is 0 Å². The number of benzene rings is 1. The summed E-state index contributed by atoms with van der Waals surface area (Å²) in [4.78, 5) is 2.52. The van der Waals surface area contributed by atoms with Crippen LogP contribution >= 0.6 is 15.9 Å². The van der Waals surface area contributed by atoms with Gasteiger partial charge in [-0.15, -0.1) is 0 Å². The minimum Gasteiger partial charge on any atom is -0.372 e. The number of ether oxygens (including phenoxy) is 1. The molecule has 2 atom stereocenters. The summed E-state index contributed by atoms with van der Waals surface area (Å²) in [7, 11) is 0. The van der Waals surface area contributed by atoms with E-state index in [1.807, 2.05) is 0 Å². The molecule has 2 heterocycles. The summed E-state index contributed by atoms with van der Waals surface area (Å²) in [6.45, 7) is 3.23. The fourth-order valence-electron chi connectivity index (χ4n) is 2.70. The number of hydrogen-bond acceptors (Lipinski definition) is 2. The van der Waals surface area contributed by atoms with Crippen molar-refractivity contribution in [1.29, 1.82) is 0 Å². The monoisotopic (exact) mass is 281 g/mol. The van der Waals surface area contributed by atoms with Gasteiger partial charge >= 0.3 is 0 Å². The van der Waals surface area contributed by atoms with Crippen molar-refractivity contribution in [3.63, 3.8) is 0 Å². The lowest BCUT2D eigenvalue weighted by Crippen LogP contribution is -2.42. The zero-order chi connectivity index (χ0) is 11.0. The third kappa shape index (κ3) is 2.17. The van der Waals surface area contributed by atoms with E-state index in [0.717, 1.165) is 19.6 Å². The van der Waals surface area contributed by atoms with Crippen molar-refractivity contribution in [3.8, 4) is 0 Å². The Bertz CT molecular complexity index is 370. The van der Waals surface area contributed by atoms with Crippen LogP contribution in [0, 0.1) is 0 Å². The molecular weight excluding hydrogens is 266 g/mol. The van der Waals surface area contributed by atoms with Gasteiger partial charge in [-0.05, 0) is 24.5 Å². The Kier molecular flexibility index (Phi) is 3.01. The summed E-state index contributed by atoms with van der Waals surface area (Å²) < 4.78 is 7.06. The van der Waals surface area contributed by atoms with E-state index in [2.05, 4.69) is 45.1 Å².